The van der Waals surface area contributed by atoms with E-state index in [0.717, 1.165) is 11.0 Å². The maximum atomic E-state index is 11.7. The number of hydrogen-bond acceptors (Lipinski definition) is 2. The number of alkyl halides is 1. The SMILES string of the molecule is FCCNCc1sccc1Br. The van der Waals surface area contributed by atoms with Crippen LogP contribution in [0.2, 0.25) is 0 Å². The molecule has 0 aromatic carbocycles. The van der Waals surface area contributed by atoms with Gasteiger partial charge in [0, 0.05) is 22.4 Å². The molecule has 1 aromatic heterocycles. The summed E-state index contributed by atoms with van der Waals surface area (Å²) in [5.41, 5.74) is 0. The monoisotopic (exact) mass is 237 g/mol. The molecule has 1 heterocycles. The molecule has 0 aliphatic heterocycles. The summed E-state index contributed by atoms with van der Waals surface area (Å²) in [7, 11) is 0. The zero-order chi connectivity index (χ0) is 8.10. The molecule has 0 spiro atoms. The van der Waals surface area contributed by atoms with Crippen molar-refractivity contribution in [2.45, 2.75) is 6.54 Å². The zero-order valence-electron chi connectivity index (χ0n) is 5.94. The second-order valence-electron chi connectivity index (χ2n) is 2.06. The highest BCUT2D eigenvalue weighted by Gasteiger charge is 1.98. The Morgan fingerprint density at radius 3 is 3.00 bits per heavy atom. The first-order valence-corrected chi connectivity index (χ1v) is 5.00. The van der Waals surface area contributed by atoms with Gasteiger partial charge in [-0.1, -0.05) is 0 Å². The van der Waals surface area contributed by atoms with E-state index in [9.17, 15) is 4.39 Å². The smallest absolute Gasteiger partial charge is 0.102 e. The van der Waals surface area contributed by atoms with Gasteiger partial charge < -0.3 is 5.32 Å². The molecular weight excluding hydrogens is 229 g/mol. The standard InChI is InChI=1S/C7H9BrFNS/c8-6-1-4-11-7(6)5-10-3-2-9/h1,4,10H,2-3,5H2. The molecule has 0 atom stereocenters. The molecule has 0 unspecified atom stereocenters. The summed E-state index contributed by atoms with van der Waals surface area (Å²) in [6, 6.07) is 2.00. The van der Waals surface area contributed by atoms with Crippen molar-refractivity contribution in [3.8, 4) is 0 Å². The van der Waals surface area contributed by atoms with E-state index >= 15 is 0 Å². The van der Waals surface area contributed by atoms with Gasteiger partial charge in [-0.15, -0.1) is 11.3 Å². The molecule has 0 aliphatic carbocycles. The number of thiophene rings is 1. The van der Waals surface area contributed by atoms with Gasteiger partial charge in [0.2, 0.25) is 0 Å². The van der Waals surface area contributed by atoms with Crippen LogP contribution >= 0.6 is 27.3 Å². The van der Waals surface area contributed by atoms with E-state index in [1.54, 1.807) is 11.3 Å². The minimum atomic E-state index is -0.303. The third kappa shape index (κ3) is 2.89. The average Bonchev–Trinajstić information content (AvgIpc) is 2.37. The van der Waals surface area contributed by atoms with E-state index in [4.69, 9.17) is 0 Å². The van der Waals surface area contributed by atoms with Gasteiger partial charge in [0.1, 0.15) is 6.67 Å². The van der Waals surface area contributed by atoms with Gasteiger partial charge in [0.15, 0.2) is 0 Å². The Morgan fingerprint density at radius 2 is 2.45 bits per heavy atom. The number of halogens is 2. The summed E-state index contributed by atoms with van der Waals surface area (Å²) in [4.78, 5) is 1.22. The Kier molecular flexibility index (Phi) is 4.04. The molecule has 1 aromatic rings. The quantitative estimate of drug-likeness (QED) is 0.795. The molecular formula is C7H9BrFNS. The van der Waals surface area contributed by atoms with Crippen molar-refractivity contribution in [3.63, 3.8) is 0 Å². The molecule has 1 N–H and O–H groups in total. The number of rotatable bonds is 4. The highest BCUT2D eigenvalue weighted by molar-refractivity contribution is 9.10. The molecule has 0 saturated carbocycles. The maximum absolute atomic E-state index is 11.7. The lowest BCUT2D eigenvalue weighted by molar-refractivity contribution is 0.467. The third-order valence-corrected chi connectivity index (χ3v) is 3.17. The highest BCUT2D eigenvalue weighted by atomic mass is 79.9. The number of nitrogens with one attached hydrogen (secondary N) is 1. The highest BCUT2D eigenvalue weighted by Crippen LogP contribution is 2.21. The Labute approximate surface area is 77.7 Å². The molecule has 0 amide bonds. The maximum Gasteiger partial charge on any atom is 0.102 e. The first-order valence-electron chi connectivity index (χ1n) is 3.33. The normalized spacial score (nSPS) is 10.4. The minimum absolute atomic E-state index is 0.303. The van der Waals surface area contributed by atoms with Crippen molar-refractivity contribution in [1.29, 1.82) is 0 Å². The predicted molar refractivity (Wildman–Crippen MR) is 49.7 cm³/mol. The summed E-state index contributed by atoms with van der Waals surface area (Å²) in [5.74, 6) is 0. The van der Waals surface area contributed by atoms with Gasteiger partial charge in [0.05, 0.1) is 0 Å². The van der Waals surface area contributed by atoms with E-state index in [1.165, 1.54) is 4.88 Å². The third-order valence-electron chi connectivity index (χ3n) is 1.25. The summed E-state index contributed by atoms with van der Waals surface area (Å²) >= 11 is 5.06. The van der Waals surface area contributed by atoms with Gasteiger partial charge >= 0.3 is 0 Å². The predicted octanol–water partition coefficient (Wildman–Crippen LogP) is 2.57. The van der Waals surface area contributed by atoms with Crippen molar-refractivity contribution < 1.29 is 4.39 Å². The molecule has 0 fully saturated rings. The molecule has 0 bridgehead atoms. The second-order valence-corrected chi connectivity index (χ2v) is 3.91. The van der Waals surface area contributed by atoms with Crippen LogP contribution in [0, 0.1) is 0 Å². The topological polar surface area (TPSA) is 12.0 Å². The molecule has 1 nitrogen and oxygen atoms in total. The Hall–Kier alpha value is 0.0700. The molecule has 1 rings (SSSR count). The molecule has 0 radical (unpaired) electrons. The fourth-order valence-corrected chi connectivity index (χ4v) is 2.18. The van der Waals surface area contributed by atoms with Crippen molar-refractivity contribution in [1.82, 2.24) is 5.32 Å². The summed E-state index contributed by atoms with van der Waals surface area (Å²) < 4.78 is 12.8. The summed E-state index contributed by atoms with van der Waals surface area (Å²) in [6.07, 6.45) is 0. The molecule has 11 heavy (non-hydrogen) atoms. The van der Waals surface area contributed by atoms with Gasteiger partial charge in [-0.2, -0.15) is 0 Å². The van der Waals surface area contributed by atoms with E-state index in [1.807, 2.05) is 11.4 Å². The van der Waals surface area contributed by atoms with Crippen LogP contribution in [-0.4, -0.2) is 13.2 Å². The second kappa shape index (κ2) is 4.85. The largest absolute Gasteiger partial charge is 0.309 e. The van der Waals surface area contributed by atoms with Crippen LogP contribution in [0.15, 0.2) is 15.9 Å². The van der Waals surface area contributed by atoms with Crippen LogP contribution < -0.4 is 5.32 Å². The molecule has 4 heteroatoms. The van der Waals surface area contributed by atoms with Crippen molar-refractivity contribution >= 4 is 27.3 Å². The van der Waals surface area contributed by atoms with Crippen LogP contribution in [0.1, 0.15) is 4.88 Å². The lowest BCUT2D eigenvalue weighted by atomic mass is 10.4. The van der Waals surface area contributed by atoms with Crippen LogP contribution in [0.5, 0.6) is 0 Å². The van der Waals surface area contributed by atoms with Gasteiger partial charge in [-0.05, 0) is 27.4 Å². The summed E-state index contributed by atoms with van der Waals surface area (Å²) in [6.45, 7) is 0.884. The van der Waals surface area contributed by atoms with Crippen molar-refractivity contribution in [3.05, 3.63) is 20.8 Å². The average molecular weight is 238 g/mol. The van der Waals surface area contributed by atoms with Crippen LogP contribution in [0.25, 0.3) is 0 Å². The van der Waals surface area contributed by atoms with Crippen molar-refractivity contribution in [2.75, 3.05) is 13.2 Å². The van der Waals surface area contributed by atoms with E-state index in [-0.39, 0.29) is 6.67 Å². The van der Waals surface area contributed by atoms with E-state index < -0.39 is 0 Å². The first-order chi connectivity index (χ1) is 5.34. The van der Waals surface area contributed by atoms with E-state index in [2.05, 4.69) is 21.2 Å². The fourth-order valence-electron chi connectivity index (χ4n) is 0.720. The zero-order valence-corrected chi connectivity index (χ0v) is 8.34. The van der Waals surface area contributed by atoms with Crippen LogP contribution in [-0.2, 0) is 6.54 Å². The Balaban J connectivity index is 2.32. The first kappa shape index (κ1) is 9.16. The Morgan fingerprint density at radius 1 is 1.64 bits per heavy atom. The van der Waals surface area contributed by atoms with Crippen LogP contribution in [0.3, 0.4) is 0 Å². The van der Waals surface area contributed by atoms with Gasteiger partial charge in [0.25, 0.3) is 0 Å². The minimum Gasteiger partial charge on any atom is -0.309 e. The molecule has 0 saturated heterocycles. The molecule has 0 aliphatic rings. The summed E-state index contributed by atoms with van der Waals surface area (Å²) in [5, 5.41) is 4.99. The van der Waals surface area contributed by atoms with Gasteiger partial charge in [-0.3, -0.25) is 0 Å². The van der Waals surface area contributed by atoms with Crippen LogP contribution in [0.4, 0.5) is 4.39 Å². The van der Waals surface area contributed by atoms with E-state index in [0.29, 0.717) is 6.54 Å². The fraction of sp³-hybridized carbons (Fsp3) is 0.429. The lowest BCUT2D eigenvalue weighted by Gasteiger charge is -1.98. The number of hydrogen-bond donors (Lipinski definition) is 1. The lowest BCUT2D eigenvalue weighted by Crippen LogP contribution is -2.15. The Bertz CT molecular complexity index is 214. The van der Waals surface area contributed by atoms with Gasteiger partial charge in [-0.25, -0.2) is 4.39 Å². The molecule has 62 valence electrons. The van der Waals surface area contributed by atoms with Crippen molar-refractivity contribution in [2.24, 2.45) is 0 Å².